The molecule has 8 heteroatoms. The Morgan fingerprint density at radius 2 is 1.71 bits per heavy atom. The minimum absolute atomic E-state index is 0.106. The molecule has 0 atom stereocenters. The number of piperazine rings is 1. The molecule has 1 N–H and O–H groups in total. The van der Waals surface area contributed by atoms with Crippen LogP contribution in [0.5, 0.6) is 0 Å². The van der Waals surface area contributed by atoms with Crippen molar-refractivity contribution in [2.75, 3.05) is 26.2 Å². The Kier molecular flexibility index (Phi) is 4.97. The van der Waals surface area contributed by atoms with Gasteiger partial charge in [0.15, 0.2) is 0 Å². The van der Waals surface area contributed by atoms with Crippen LogP contribution < -0.4 is 0 Å². The highest BCUT2D eigenvalue weighted by Gasteiger charge is 2.30. The van der Waals surface area contributed by atoms with Gasteiger partial charge in [0.1, 0.15) is 5.82 Å². The van der Waals surface area contributed by atoms with Gasteiger partial charge in [-0.3, -0.25) is 4.79 Å². The van der Waals surface area contributed by atoms with Gasteiger partial charge in [-0.2, -0.15) is 4.31 Å². The molecule has 1 aromatic heterocycles. The molecule has 1 amide bonds. The molecule has 2 aromatic carbocycles. The summed E-state index contributed by atoms with van der Waals surface area (Å²) in [6.07, 6.45) is 3.40. The van der Waals surface area contributed by atoms with Crippen LogP contribution in [-0.4, -0.2) is 59.7 Å². The number of hydrogen-bond acceptors (Lipinski definition) is 4. The molecule has 0 aliphatic carbocycles. The van der Waals surface area contributed by atoms with Gasteiger partial charge < -0.3 is 9.88 Å². The van der Waals surface area contributed by atoms with Crippen LogP contribution in [0.15, 0.2) is 71.9 Å². The summed E-state index contributed by atoms with van der Waals surface area (Å²) in [5.74, 6) is 0.596. The summed E-state index contributed by atoms with van der Waals surface area (Å²) in [6.45, 7) is 1.27. The minimum Gasteiger partial charge on any atom is -0.345 e. The van der Waals surface area contributed by atoms with Crippen molar-refractivity contribution in [1.82, 2.24) is 19.2 Å². The molecule has 0 bridgehead atoms. The maximum atomic E-state index is 12.9. The van der Waals surface area contributed by atoms with Crippen LogP contribution in [0.1, 0.15) is 10.4 Å². The molecule has 144 valence electrons. The molecular weight excluding hydrogens is 376 g/mol. The van der Waals surface area contributed by atoms with Gasteiger partial charge in [-0.05, 0) is 24.3 Å². The summed E-state index contributed by atoms with van der Waals surface area (Å²) in [5, 5.41) is 0. The number of hydrogen-bond donors (Lipinski definition) is 1. The molecule has 0 radical (unpaired) electrons. The first-order valence-electron chi connectivity index (χ1n) is 9.00. The highest BCUT2D eigenvalue weighted by atomic mass is 32.2. The summed E-state index contributed by atoms with van der Waals surface area (Å²) >= 11 is 0. The Labute approximate surface area is 163 Å². The van der Waals surface area contributed by atoms with Crippen molar-refractivity contribution < 1.29 is 13.2 Å². The predicted octanol–water partition coefficient (Wildman–Crippen LogP) is 2.22. The Balaban J connectivity index is 1.46. The number of aromatic nitrogens is 2. The van der Waals surface area contributed by atoms with Gasteiger partial charge in [0.25, 0.3) is 5.91 Å². The van der Waals surface area contributed by atoms with Gasteiger partial charge in [-0.1, -0.05) is 30.3 Å². The van der Waals surface area contributed by atoms with Crippen LogP contribution in [-0.2, 0) is 10.0 Å². The van der Waals surface area contributed by atoms with Crippen LogP contribution in [0.25, 0.3) is 11.4 Å². The number of amides is 1. The van der Waals surface area contributed by atoms with Crippen LogP contribution in [0, 0.1) is 0 Å². The van der Waals surface area contributed by atoms with E-state index in [1.54, 1.807) is 59.8 Å². The second kappa shape index (κ2) is 7.57. The summed E-state index contributed by atoms with van der Waals surface area (Å²) < 4.78 is 26.9. The van der Waals surface area contributed by atoms with E-state index in [1.807, 2.05) is 12.1 Å². The maximum Gasteiger partial charge on any atom is 0.253 e. The molecule has 28 heavy (non-hydrogen) atoms. The zero-order valence-electron chi connectivity index (χ0n) is 15.2. The van der Waals surface area contributed by atoms with E-state index in [1.165, 1.54) is 4.31 Å². The Morgan fingerprint density at radius 1 is 0.964 bits per heavy atom. The zero-order chi connectivity index (χ0) is 19.6. The zero-order valence-corrected chi connectivity index (χ0v) is 16.0. The summed E-state index contributed by atoms with van der Waals surface area (Å²) in [5.41, 5.74) is 1.40. The number of imidazole rings is 1. The second-order valence-corrected chi connectivity index (χ2v) is 8.47. The standard InChI is InChI=1S/C20H20N4O3S/c25-20(17-6-4-5-16(15-17)19-21-9-10-22-19)23-11-13-24(14-12-23)28(26,27)18-7-2-1-3-8-18/h1-10,15H,11-14H2,(H,21,22). The van der Waals surface area contributed by atoms with Crippen molar-refractivity contribution in [3.63, 3.8) is 0 Å². The lowest BCUT2D eigenvalue weighted by molar-refractivity contribution is 0.0698. The maximum absolute atomic E-state index is 12.9. The third-order valence-corrected chi connectivity index (χ3v) is 6.70. The first-order valence-corrected chi connectivity index (χ1v) is 10.4. The molecule has 3 aromatic rings. The van der Waals surface area contributed by atoms with Crippen molar-refractivity contribution in [3.8, 4) is 11.4 Å². The topological polar surface area (TPSA) is 86.4 Å². The SMILES string of the molecule is O=C(c1cccc(-c2ncc[nH]2)c1)N1CCN(S(=O)(=O)c2ccccc2)CC1. The molecule has 4 rings (SSSR count). The van der Waals surface area contributed by atoms with Gasteiger partial charge in [0.05, 0.1) is 4.90 Å². The van der Waals surface area contributed by atoms with E-state index in [9.17, 15) is 13.2 Å². The first kappa shape index (κ1) is 18.4. The normalized spacial score (nSPS) is 15.5. The number of carbonyl (C=O) groups is 1. The van der Waals surface area contributed by atoms with Crippen LogP contribution in [0.3, 0.4) is 0 Å². The van der Waals surface area contributed by atoms with E-state index < -0.39 is 10.0 Å². The van der Waals surface area contributed by atoms with E-state index >= 15 is 0 Å². The average Bonchev–Trinajstić information content (AvgIpc) is 3.29. The number of benzene rings is 2. The smallest absolute Gasteiger partial charge is 0.253 e. The fourth-order valence-electron chi connectivity index (χ4n) is 3.28. The summed E-state index contributed by atoms with van der Waals surface area (Å²) in [4.78, 5) is 22.1. The predicted molar refractivity (Wildman–Crippen MR) is 105 cm³/mol. The lowest BCUT2D eigenvalue weighted by Crippen LogP contribution is -2.50. The minimum atomic E-state index is -3.53. The third kappa shape index (κ3) is 3.56. The molecule has 7 nitrogen and oxygen atoms in total. The molecule has 1 aliphatic heterocycles. The van der Waals surface area contributed by atoms with Gasteiger partial charge >= 0.3 is 0 Å². The van der Waals surface area contributed by atoms with Crippen molar-refractivity contribution in [1.29, 1.82) is 0 Å². The number of rotatable bonds is 4. The highest BCUT2D eigenvalue weighted by Crippen LogP contribution is 2.20. The van der Waals surface area contributed by atoms with Gasteiger partial charge in [0, 0.05) is 49.7 Å². The number of carbonyl (C=O) groups excluding carboxylic acids is 1. The molecule has 0 saturated carbocycles. The largest absolute Gasteiger partial charge is 0.345 e. The molecular formula is C20H20N4O3S. The number of nitrogens with one attached hydrogen (secondary N) is 1. The fourth-order valence-corrected chi connectivity index (χ4v) is 4.72. The summed E-state index contributed by atoms with van der Waals surface area (Å²) in [7, 11) is -3.53. The molecule has 0 unspecified atom stereocenters. The molecule has 1 fully saturated rings. The molecule has 2 heterocycles. The van der Waals surface area contributed by atoms with Gasteiger partial charge in [-0.25, -0.2) is 13.4 Å². The Hall–Kier alpha value is -2.97. The molecule has 0 spiro atoms. The number of H-pyrrole nitrogens is 1. The van der Waals surface area contributed by atoms with Crippen molar-refractivity contribution in [3.05, 3.63) is 72.6 Å². The van der Waals surface area contributed by atoms with Gasteiger partial charge in [0.2, 0.25) is 10.0 Å². The van der Waals surface area contributed by atoms with Crippen LogP contribution in [0.2, 0.25) is 0 Å². The third-order valence-electron chi connectivity index (χ3n) is 4.79. The number of sulfonamides is 1. The van der Waals surface area contributed by atoms with E-state index in [0.29, 0.717) is 24.5 Å². The molecule has 1 saturated heterocycles. The fraction of sp³-hybridized carbons (Fsp3) is 0.200. The van der Waals surface area contributed by atoms with Crippen molar-refractivity contribution >= 4 is 15.9 Å². The van der Waals surface area contributed by atoms with E-state index in [0.717, 1.165) is 5.56 Å². The van der Waals surface area contributed by atoms with Gasteiger partial charge in [-0.15, -0.1) is 0 Å². The monoisotopic (exact) mass is 396 g/mol. The first-order chi connectivity index (χ1) is 13.6. The van der Waals surface area contributed by atoms with Crippen molar-refractivity contribution in [2.45, 2.75) is 4.90 Å². The lowest BCUT2D eigenvalue weighted by atomic mass is 10.1. The quantitative estimate of drug-likeness (QED) is 0.733. The van der Waals surface area contributed by atoms with E-state index in [-0.39, 0.29) is 23.9 Å². The Bertz CT molecular complexity index is 1060. The van der Waals surface area contributed by atoms with E-state index in [2.05, 4.69) is 9.97 Å². The lowest BCUT2D eigenvalue weighted by Gasteiger charge is -2.34. The Morgan fingerprint density at radius 3 is 2.39 bits per heavy atom. The summed E-state index contributed by atoms with van der Waals surface area (Å²) in [6, 6.07) is 15.7. The van der Waals surface area contributed by atoms with Crippen molar-refractivity contribution in [2.24, 2.45) is 0 Å². The number of aromatic amines is 1. The molecule has 1 aliphatic rings. The van der Waals surface area contributed by atoms with E-state index in [4.69, 9.17) is 0 Å². The average molecular weight is 396 g/mol. The number of nitrogens with zero attached hydrogens (tertiary/aromatic N) is 3. The second-order valence-electron chi connectivity index (χ2n) is 6.53. The van der Waals surface area contributed by atoms with Crippen LogP contribution >= 0.6 is 0 Å². The highest BCUT2D eigenvalue weighted by molar-refractivity contribution is 7.89. The van der Waals surface area contributed by atoms with Crippen LogP contribution in [0.4, 0.5) is 0 Å².